The smallest absolute Gasteiger partial charge is 0.307 e. The van der Waals surface area contributed by atoms with Crippen LogP contribution in [0.3, 0.4) is 0 Å². The molecule has 0 aromatic carbocycles. The Morgan fingerprint density at radius 1 is 1.21 bits per heavy atom. The summed E-state index contributed by atoms with van der Waals surface area (Å²) < 4.78 is 5.56. The van der Waals surface area contributed by atoms with E-state index in [2.05, 4.69) is 5.32 Å². The van der Waals surface area contributed by atoms with Gasteiger partial charge in [0.15, 0.2) is 0 Å². The summed E-state index contributed by atoms with van der Waals surface area (Å²) in [5.74, 6) is -0.287. The molecule has 2 saturated heterocycles. The van der Waals surface area contributed by atoms with Gasteiger partial charge in [0.2, 0.25) is 5.91 Å². The van der Waals surface area contributed by atoms with Gasteiger partial charge in [0, 0.05) is 19.6 Å². The number of hydrogen-bond acceptors (Lipinski definition) is 4. The third kappa shape index (κ3) is 2.36. The maximum Gasteiger partial charge on any atom is 0.307 e. The molecule has 3 fully saturated rings. The molecule has 2 aliphatic heterocycles. The quantitative estimate of drug-likeness (QED) is 0.709. The highest BCUT2D eigenvalue weighted by Gasteiger charge is 2.54. The first-order chi connectivity index (χ1) is 9.21. The van der Waals surface area contributed by atoms with Crippen LogP contribution in [0, 0.1) is 5.92 Å². The van der Waals surface area contributed by atoms with Crippen molar-refractivity contribution in [3.8, 4) is 0 Å². The van der Waals surface area contributed by atoms with Crippen LogP contribution < -0.4 is 5.32 Å². The molecule has 1 saturated carbocycles. The molecule has 106 valence electrons. The van der Waals surface area contributed by atoms with Crippen LogP contribution >= 0.6 is 0 Å². The van der Waals surface area contributed by atoms with Crippen LogP contribution in [0.15, 0.2) is 0 Å². The minimum atomic E-state index is -0.464. The van der Waals surface area contributed by atoms with E-state index >= 15 is 0 Å². The Morgan fingerprint density at radius 3 is 2.79 bits per heavy atom. The highest BCUT2D eigenvalue weighted by atomic mass is 16.6. The lowest BCUT2D eigenvalue weighted by atomic mass is 9.84. The Hall–Kier alpha value is -1.10. The molecule has 3 rings (SSSR count). The monoisotopic (exact) mass is 266 g/mol. The van der Waals surface area contributed by atoms with Gasteiger partial charge in [-0.2, -0.15) is 0 Å². The second-order valence-corrected chi connectivity index (χ2v) is 5.93. The van der Waals surface area contributed by atoms with Gasteiger partial charge in [-0.15, -0.1) is 0 Å². The maximum atomic E-state index is 12.7. The number of hydrogen-bond donors (Lipinski definition) is 1. The topological polar surface area (TPSA) is 58.6 Å². The standard InChI is InChI=1S/C14H22N2O3/c17-12-10-11(14(19-12)4-1-2-5-14)13(18)16-8-3-6-15-7-9-16/h11,15H,1-10H2. The van der Waals surface area contributed by atoms with Crippen LogP contribution in [-0.2, 0) is 14.3 Å². The normalized spacial score (nSPS) is 30.4. The summed E-state index contributed by atoms with van der Waals surface area (Å²) in [4.78, 5) is 26.3. The molecule has 1 atom stereocenters. The number of carbonyl (C=O) groups is 2. The summed E-state index contributed by atoms with van der Waals surface area (Å²) in [6.45, 7) is 3.36. The molecule has 0 radical (unpaired) electrons. The summed E-state index contributed by atoms with van der Waals surface area (Å²) in [5, 5.41) is 3.30. The first-order valence-corrected chi connectivity index (χ1v) is 7.43. The molecule has 3 aliphatic rings. The van der Waals surface area contributed by atoms with Crippen molar-refractivity contribution in [3.63, 3.8) is 0 Å². The van der Waals surface area contributed by atoms with E-state index in [1.807, 2.05) is 4.90 Å². The van der Waals surface area contributed by atoms with E-state index in [9.17, 15) is 9.59 Å². The predicted molar refractivity (Wildman–Crippen MR) is 69.5 cm³/mol. The van der Waals surface area contributed by atoms with Gasteiger partial charge < -0.3 is 15.0 Å². The van der Waals surface area contributed by atoms with Crippen molar-refractivity contribution < 1.29 is 14.3 Å². The first kappa shape index (κ1) is 12.9. The van der Waals surface area contributed by atoms with Crippen LogP contribution in [0.1, 0.15) is 38.5 Å². The molecule has 2 heterocycles. The molecular formula is C14H22N2O3. The summed E-state index contributed by atoms with van der Waals surface area (Å²) in [5.41, 5.74) is -0.464. The van der Waals surface area contributed by atoms with E-state index in [-0.39, 0.29) is 24.2 Å². The van der Waals surface area contributed by atoms with Gasteiger partial charge in [0.1, 0.15) is 5.60 Å². The summed E-state index contributed by atoms with van der Waals surface area (Å²) in [7, 11) is 0. The molecule has 1 unspecified atom stereocenters. The summed E-state index contributed by atoms with van der Waals surface area (Å²) >= 11 is 0. The minimum Gasteiger partial charge on any atom is -0.458 e. The Bertz CT molecular complexity index is 369. The van der Waals surface area contributed by atoms with E-state index < -0.39 is 5.60 Å². The highest BCUT2D eigenvalue weighted by Crippen LogP contribution is 2.46. The molecule has 1 N–H and O–H groups in total. The number of nitrogens with one attached hydrogen (secondary N) is 1. The molecule has 5 heteroatoms. The van der Waals surface area contributed by atoms with Crippen molar-refractivity contribution in [1.29, 1.82) is 0 Å². The molecule has 0 aromatic rings. The molecule has 5 nitrogen and oxygen atoms in total. The Kier molecular flexibility index (Phi) is 3.48. The number of esters is 1. The zero-order valence-electron chi connectivity index (χ0n) is 11.3. The minimum absolute atomic E-state index is 0.136. The first-order valence-electron chi connectivity index (χ1n) is 7.43. The van der Waals surface area contributed by atoms with Gasteiger partial charge in [0.25, 0.3) is 0 Å². The van der Waals surface area contributed by atoms with E-state index in [0.29, 0.717) is 0 Å². The van der Waals surface area contributed by atoms with Crippen molar-refractivity contribution in [2.24, 2.45) is 5.92 Å². The van der Waals surface area contributed by atoms with E-state index in [1.165, 1.54) is 0 Å². The van der Waals surface area contributed by atoms with Gasteiger partial charge in [-0.05, 0) is 38.6 Å². The second-order valence-electron chi connectivity index (χ2n) is 5.93. The number of amides is 1. The highest BCUT2D eigenvalue weighted by molar-refractivity contribution is 5.88. The Balaban J connectivity index is 1.75. The van der Waals surface area contributed by atoms with E-state index in [4.69, 9.17) is 4.74 Å². The van der Waals surface area contributed by atoms with Crippen LogP contribution in [0.2, 0.25) is 0 Å². The lowest BCUT2D eigenvalue weighted by Crippen LogP contribution is -2.46. The summed E-state index contributed by atoms with van der Waals surface area (Å²) in [6, 6.07) is 0. The van der Waals surface area contributed by atoms with Crippen molar-refractivity contribution in [1.82, 2.24) is 10.2 Å². The molecule has 0 aromatic heterocycles. The summed E-state index contributed by atoms with van der Waals surface area (Å²) in [6.07, 6.45) is 5.13. The van der Waals surface area contributed by atoms with Crippen LogP contribution in [0.4, 0.5) is 0 Å². The number of carbonyl (C=O) groups excluding carboxylic acids is 2. The van der Waals surface area contributed by atoms with Crippen LogP contribution in [0.5, 0.6) is 0 Å². The zero-order chi connectivity index (χ0) is 13.3. The van der Waals surface area contributed by atoms with Crippen LogP contribution in [-0.4, -0.2) is 48.6 Å². The lowest BCUT2D eigenvalue weighted by molar-refractivity contribution is -0.151. The van der Waals surface area contributed by atoms with Crippen molar-refractivity contribution >= 4 is 11.9 Å². The van der Waals surface area contributed by atoms with Crippen molar-refractivity contribution in [2.45, 2.75) is 44.1 Å². The molecule has 1 aliphatic carbocycles. The molecule has 0 bridgehead atoms. The third-order valence-corrected chi connectivity index (χ3v) is 4.72. The average molecular weight is 266 g/mol. The molecule has 1 spiro atoms. The van der Waals surface area contributed by atoms with Crippen molar-refractivity contribution in [2.75, 3.05) is 26.2 Å². The van der Waals surface area contributed by atoms with Gasteiger partial charge in [-0.1, -0.05) is 0 Å². The molecular weight excluding hydrogens is 244 g/mol. The van der Waals surface area contributed by atoms with Crippen LogP contribution in [0.25, 0.3) is 0 Å². The fraction of sp³-hybridized carbons (Fsp3) is 0.857. The number of nitrogens with zero attached hydrogens (tertiary/aromatic N) is 1. The number of rotatable bonds is 1. The Labute approximate surface area is 113 Å². The van der Waals surface area contributed by atoms with E-state index in [1.54, 1.807) is 0 Å². The zero-order valence-corrected chi connectivity index (χ0v) is 11.3. The second kappa shape index (κ2) is 5.12. The third-order valence-electron chi connectivity index (χ3n) is 4.72. The van der Waals surface area contributed by atoms with Crippen molar-refractivity contribution in [3.05, 3.63) is 0 Å². The van der Waals surface area contributed by atoms with Gasteiger partial charge >= 0.3 is 5.97 Å². The fourth-order valence-electron chi connectivity index (χ4n) is 3.72. The van der Waals surface area contributed by atoms with Gasteiger partial charge in [-0.3, -0.25) is 9.59 Å². The maximum absolute atomic E-state index is 12.7. The largest absolute Gasteiger partial charge is 0.458 e. The average Bonchev–Trinajstić information content (AvgIpc) is 2.87. The van der Waals surface area contributed by atoms with Gasteiger partial charge in [-0.25, -0.2) is 0 Å². The molecule has 19 heavy (non-hydrogen) atoms. The fourth-order valence-corrected chi connectivity index (χ4v) is 3.72. The SMILES string of the molecule is O=C1CC(C(=O)N2CCCNCC2)C2(CCCC2)O1. The van der Waals surface area contributed by atoms with E-state index in [0.717, 1.165) is 58.3 Å². The van der Waals surface area contributed by atoms with Gasteiger partial charge in [0.05, 0.1) is 12.3 Å². The number of ether oxygens (including phenoxy) is 1. The lowest BCUT2D eigenvalue weighted by Gasteiger charge is -2.32. The molecule has 1 amide bonds. The Morgan fingerprint density at radius 2 is 2.00 bits per heavy atom. The predicted octanol–water partition coefficient (Wildman–Crippen LogP) is 0.684.